The zero-order chi connectivity index (χ0) is 39.4. The average Bonchev–Trinajstić information content (AvgIpc) is 3.59. The van der Waals surface area contributed by atoms with Gasteiger partial charge in [0.1, 0.15) is 11.5 Å². The second kappa shape index (κ2) is 12.5. The predicted octanol–water partition coefficient (Wildman–Crippen LogP) is 14.0. The van der Waals surface area contributed by atoms with Crippen molar-refractivity contribution in [1.82, 2.24) is 15.0 Å². The van der Waals surface area contributed by atoms with Gasteiger partial charge < -0.3 is 4.74 Å². The summed E-state index contributed by atoms with van der Waals surface area (Å²) in [5, 5.41) is 5.56. The van der Waals surface area contributed by atoms with Crippen LogP contribution in [0.1, 0.15) is 22.3 Å². The number of fused-ring (bicyclic) bond motifs is 15. The molecule has 0 atom stereocenters. The summed E-state index contributed by atoms with van der Waals surface area (Å²) in [5.74, 6) is 1.74. The van der Waals surface area contributed by atoms with Crippen molar-refractivity contribution in [2.24, 2.45) is 0 Å². The van der Waals surface area contributed by atoms with E-state index in [1.54, 1.807) is 0 Å². The largest absolute Gasteiger partial charge is 0.457 e. The highest BCUT2D eigenvalue weighted by Crippen LogP contribution is 2.63. The van der Waals surface area contributed by atoms with Gasteiger partial charge >= 0.3 is 0 Å². The third-order valence-corrected chi connectivity index (χ3v) is 12.7. The molecule has 4 heterocycles. The van der Waals surface area contributed by atoms with Crippen LogP contribution >= 0.6 is 0 Å². The highest BCUT2D eigenvalue weighted by Gasteiger charge is 2.51. The normalized spacial score (nSPS) is 13.3. The fraction of sp³-hybridized carbons (Fsp3) is 0.0179. The van der Waals surface area contributed by atoms with Gasteiger partial charge in [-0.3, -0.25) is 0 Å². The Kier molecular flexibility index (Phi) is 6.90. The molecule has 4 heteroatoms. The molecule has 2 aliphatic rings. The molecule has 3 aromatic heterocycles. The van der Waals surface area contributed by atoms with Crippen LogP contribution in [-0.2, 0) is 5.41 Å². The number of para-hydroxylation sites is 3. The summed E-state index contributed by atoms with van der Waals surface area (Å²) in [6, 6.07) is 71.2. The minimum Gasteiger partial charge on any atom is -0.457 e. The van der Waals surface area contributed by atoms with Gasteiger partial charge in [0, 0.05) is 49.4 Å². The van der Waals surface area contributed by atoms with E-state index in [1.165, 1.54) is 27.6 Å². The topological polar surface area (TPSA) is 47.9 Å². The Morgan fingerprint density at radius 2 is 0.917 bits per heavy atom. The Bertz CT molecular complexity index is 3530. The molecule has 8 aromatic carbocycles. The summed E-state index contributed by atoms with van der Waals surface area (Å²) in [6.07, 6.45) is 0. The molecule has 0 fully saturated rings. The van der Waals surface area contributed by atoms with E-state index in [-0.39, 0.29) is 0 Å². The van der Waals surface area contributed by atoms with E-state index in [4.69, 9.17) is 19.7 Å². The van der Waals surface area contributed by atoms with Gasteiger partial charge in [0.2, 0.25) is 0 Å². The van der Waals surface area contributed by atoms with Gasteiger partial charge in [0.15, 0.2) is 0 Å². The number of aromatic nitrogens is 3. The zero-order valence-corrected chi connectivity index (χ0v) is 32.3. The Balaban J connectivity index is 1.11. The van der Waals surface area contributed by atoms with Crippen molar-refractivity contribution < 1.29 is 4.74 Å². The molecule has 278 valence electrons. The number of benzene rings is 8. The van der Waals surface area contributed by atoms with Crippen LogP contribution in [-0.4, -0.2) is 15.0 Å². The van der Waals surface area contributed by atoms with Crippen LogP contribution in [0.4, 0.5) is 0 Å². The number of hydrogen-bond acceptors (Lipinski definition) is 4. The number of nitrogens with zero attached hydrogens (tertiary/aromatic N) is 3. The highest BCUT2D eigenvalue weighted by atomic mass is 16.5. The van der Waals surface area contributed by atoms with Gasteiger partial charge in [-0.05, 0) is 76.2 Å². The van der Waals surface area contributed by atoms with Crippen LogP contribution in [0.5, 0.6) is 11.5 Å². The quantitative estimate of drug-likeness (QED) is 0.168. The molecule has 0 unspecified atom stereocenters. The average molecular weight is 764 g/mol. The first-order chi connectivity index (χ1) is 29.7. The van der Waals surface area contributed by atoms with Crippen molar-refractivity contribution in [2.75, 3.05) is 0 Å². The van der Waals surface area contributed by atoms with Crippen LogP contribution in [0, 0.1) is 0 Å². The van der Waals surface area contributed by atoms with Gasteiger partial charge in [-0.1, -0.05) is 152 Å². The van der Waals surface area contributed by atoms with E-state index in [2.05, 4.69) is 194 Å². The molecule has 0 radical (unpaired) electrons. The lowest BCUT2D eigenvalue weighted by Gasteiger charge is -2.39. The molecule has 11 aromatic rings. The fourth-order valence-corrected chi connectivity index (χ4v) is 10.0. The maximum atomic E-state index is 6.71. The van der Waals surface area contributed by atoms with E-state index in [0.717, 1.165) is 94.5 Å². The maximum absolute atomic E-state index is 6.71. The second-order valence-corrected chi connectivity index (χ2v) is 15.9. The van der Waals surface area contributed by atoms with Gasteiger partial charge in [-0.25, -0.2) is 15.0 Å². The maximum Gasteiger partial charge on any atom is 0.132 e. The summed E-state index contributed by atoms with van der Waals surface area (Å²) in [5.41, 5.74) is 15.2. The van der Waals surface area contributed by atoms with Crippen LogP contribution in [0.2, 0.25) is 0 Å². The van der Waals surface area contributed by atoms with Crippen LogP contribution in [0.25, 0.3) is 88.4 Å². The molecule has 13 rings (SSSR count). The molecule has 0 amide bonds. The Labute approximate surface area is 346 Å². The van der Waals surface area contributed by atoms with E-state index in [9.17, 15) is 0 Å². The molecular formula is C56H33N3O. The van der Waals surface area contributed by atoms with Crippen molar-refractivity contribution in [2.45, 2.75) is 5.41 Å². The summed E-state index contributed by atoms with van der Waals surface area (Å²) in [7, 11) is 0. The molecule has 1 aliphatic heterocycles. The van der Waals surface area contributed by atoms with Gasteiger partial charge in [0.25, 0.3) is 0 Å². The first-order valence-corrected chi connectivity index (χ1v) is 20.4. The molecule has 60 heavy (non-hydrogen) atoms. The number of rotatable bonds is 3. The van der Waals surface area contributed by atoms with E-state index in [0.29, 0.717) is 0 Å². The molecule has 4 nitrogen and oxygen atoms in total. The van der Waals surface area contributed by atoms with E-state index in [1.807, 2.05) is 6.07 Å². The van der Waals surface area contributed by atoms with Crippen molar-refractivity contribution in [1.29, 1.82) is 0 Å². The predicted molar refractivity (Wildman–Crippen MR) is 244 cm³/mol. The van der Waals surface area contributed by atoms with Gasteiger partial charge in [0.05, 0.1) is 39.0 Å². The molecule has 1 aliphatic carbocycles. The summed E-state index contributed by atoms with van der Waals surface area (Å²) < 4.78 is 6.71. The van der Waals surface area contributed by atoms with Crippen molar-refractivity contribution in [3.63, 3.8) is 0 Å². The summed E-state index contributed by atoms with van der Waals surface area (Å²) >= 11 is 0. The van der Waals surface area contributed by atoms with Crippen LogP contribution in [0.15, 0.2) is 200 Å². The van der Waals surface area contributed by atoms with Gasteiger partial charge in [-0.15, -0.1) is 0 Å². The SMILES string of the molecule is c1ccc(-c2ccc3ccc4ccc(-c5ccc6c(c5)-c5cc7c(-c8ccccc8)nc8ccccc8c7cc5C65c6ccccc6Oc6ccccc65)nc4c3n2)cc1. The number of pyridine rings is 3. The minimum atomic E-state index is -0.634. The van der Waals surface area contributed by atoms with Crippen LogP contribution < -0.4 is 4.74 Å². The molecule has 0 saturated carbocycles. The summed E-state index contributed by atoms with van der Waals surface area (Å²) in [6.45, 7) is 0. The lowest BCUT2D eigenvalue weighted by Crippen LogP contribution is -2.32. The zero-order valence-electron chi connectivity index (χ0n) is 32.3. The fourth-order valence-electron chi connectivity index (χ4n) is 10.0. The molecule has 0 N–H and O–H groups in total. The van der Waals surface area contributed by atoms with E-state index < -0.39 is 5.41 Å². The smallest absolute Gasteiger partial charge is 0.132 e. The Morgan fingerprint density at radius 1 is 0.350 bits per heavy atom. The first-order valence-electron chi connectivity index (χ1n) is 20.4. The van der Waals surface area contributed by atoms with Crippen molar-refractivity contribution >= 4 is 43.5 Å². The van der Waals surface area contributed by atoms with Crippen LogP contribution in [0.3, 0.4) is 0 Å². The van der Waals surface area contributed by atoms with Crippen molar-refractivity contribution in [3.8, 4) is 56.4 Å². The lowest BCUT2D eigenvalue weighted by atomic mass is 9.66. The second-order valence-electron chi connectivity index (χ2n) is 15.9. The lowest BCUT2D eigenvalue weighted by molar-refractivity contribution is 0.436. The molecule has 1 spiro atoms. The minimum absolute atomic E-state index is 0.634. The summed E-state index contributed by atoms with van der Waals surface area (Å²) in [4.78, 5) is 15.9. The monoisotopic (exact) mass is 763 g/mol. The first kappa shape index (κ1) is 33.1. The molecular weight excluding hydrogens is 731 g/mol. The van der Waals surface area contributed by atoms with Gasteiger partial charge in [-0.2, -0.15) is 0 Å². The standard InChI is InChI=1S/C56H33N3O/c1-3-13-34(14-4-1)48-29-26-36-23-24-37-27-30-49(58-55(37)54(36)57-48)38-25-28-44-41(31-38)42-32-43-40(39-17-7-10-20-50(39)59-53(43)35-15-5-2-6-16-35)33-47(42)56(44)45-18-8-11-21-51(45)60-52-22-12-9-19-46(52)56/h1-33H. The number of ether oxygens (including phenoxy) is 1. The van der Waals surface area contributed by atoms with E-state index >= 15 is 0 Å². The molecule has 0 bridgehead atoms. The third kappa shape index (κ3) is 4.64. The Morgan fingerprint density at radius 3 is 1.62 bits per heavy atom. The Hall–Kier alpha value is -7.95. The third-order valence-electron chi connectivity index (χ3n) is 12.7. The van der Waals surface area contributed by atoms with Crippen molar-refractivity contribution in [3.05, 3.63) is 222 Å². The number of hydrogen-bond donors (Lipinski definition) is 0. The highest BCUT2D eigenvalue weighted by molar-refractivity contribution is 6.14. The molecule has 0 saturated heterocycles.